The number of imide groups is 1. The molecule has 0 aliphatic carbocycles. The molecule has 0 radical (unpaired) electrons. The topological polar surface area (TPSA) is 83.4 Å². The molecule has 118 valence electrons. The van der Waals surface area contributed by atoms with Crippen molar-refractivity contribution in [1.82, 2.24) is 16.0 Å². The molecule has 0 aliphatic heterocycles. The fourth-order valence-electron chi connectivity index (χ4n) is 2.00. The highest BCUT2D eigenvalue weighted by atomic mass is 16.3. The fourth-order valence-corrected chi connectivity index (χ4v) is 2.00. The second-order valence-electron chi connectivity index (χ2n) is 5.96. The summed E-state index contributed by atoms with van der Waals surface area (Å²) in [5.74, 6) is 1.33. The molecule has 3 amide bonds. The number of furan rings is 1. The van der Waals surface area contributed by atoms with Crippen LogP contribution in [0.3, 0.4) is 0 Å². The summed E-state index contributed by atoms with van der Waals surface area (Å²) in [6.45, 7) is 8.26. The van der Waals surface area contributed by atoms with Crippen LogP contribution < -0.4 is 16.0 Å². The normalized spacial score (nSPS) is 12.8. The van der Waals surface area contributed by atoms with Crippen molar-refractivity contribution in [3.8, 4) is 0 Å². The van der Waals surface area contributed by atoms with Crippen LogP contribution in [0.1, 0.15) is 45.3 Å². The Bertz CT molecular complexity index is 489. The number of urea groups is 1. The van der Waals surface area contributed by atoms with Crippen molar-refractivity contribution in [2.45, 2.75) is 40.2 Å². The van der Waals surface area contributed by atoms with Gasteiger partial charge in [0.15, 0.2) is 0 Å². The van der Waals surface area contributed by atoms with Crippen LogP contribution in [0.25, 0.3) is 0 Å². The highest BCUT2D eigenvalue weighted by Gasteiger charge is 2.29. The summed E-state index contributed by atoms with van der Waals surface area (Å²) in [6, 6.07) is 3.24. The van der Waals surface area contributed by atoms with Crippen LogP contribution in [0.5, 0.6) is 0 Å². The van der Waals surface area contributed by atoms with Gasteiger partial charge in [-0.25, -0.2) is 4.79 Å². The first kappa shape index (κ1) is 17.2. The lowest BCUT2D eigenvalue weighted by Gasteiger charge is -2.29. The van der Waals surface area contributed by atoms with Crippen molar-refractivity contribution < 1.29 is 14.0 Å². The van der Waals surface area contributed by atoms with Crippen LogP contribution >= 0.6 is 0 Å². The SMILES string of the molecule is CCc1ccc(C(NCC(=O)NC(=O)NC)C(C)(C)C)o1. The molecule has 6 nitrogen and oxygen atoms in total. The molecule has 0 fully saturated rings. The zero-order valence-corrected chi connectivity index (χ0v) is 13.4. The van der Waals surface area contributed by atoms with Gasteiger partial charge in [-0.2, -0.15) is 0 Å². The minimum atomic E-state index is -0.514. The zero-order chi connectivity index (χ0) is 16.0. The first-order valence-electron chi connectivity index (χ1n) is 7.11. The summed E-state index contributed by atoms with van der Waals surface area (Å²) >= 11 is 0. The smallest absolute Gasteiger partial charge is 0.321 e. The number of amides is 3. The third kappa shape index (κ3) is 5.23. The van der Waals surface area contributed by atoms with Crippen LogP contribution in [-0.2, 0) is 11.2 Å². The Morgan fingerprint density at radius 3 is 2.43 bits per heavy atom. The van der Waals surface area contributed by atoms with E-state index in [4.69, 9.17) is 4.42 Å². The Morgan fingerprint density at radius 1 is 1.29 bits per heavy atom. The van der Waals surface area contributed by atoms with Gasteiger partial charge in [-0.15, -0.1) is 0 Å². The van der Waals surface area contributed by atoms with E-state index in [1.807, 2.05) is 19.1 Å². The van der Waals surface area contributed by atoms with Crippen molar-refractivity contribution in [3.63, 3.8) is 0 Å². The van der Waals surface area contributed by atoms with Gasteiger partial charge in [0.2, 0.25) is 5.91 Å². The number of hydrogen-bond acceptors (Lipinski definition) is 4. The van der Waals surface area contributed by atoms with Crippen molar-refractivity contribution in [2.24, 2.45) is 5.41 Å². The highest BCUT2D eigenvalue weighted by Crippen LogP contribution is 2.33. The number of aryl methyl sites for hydroxylation is 1. The van der Waals surface area contributed by atoms with E-state index in [1.165, 1.54) is 7.05 Å². The first-order chi connectivity index (χ1) is 9.77. The average Bonchev–Trinajstić information content (AvgIpc) is 2.85. The lowest BCUT2D eigenvalue weighted by Crippen LogP contribution is -2.44. The molecule has 0 saturated carbocycles. The summed E-state index contributed by atoms with van der Waals surface area (Å²) in [4.78, 5) is 22.8. The maximum absolute atomic E-state index is 11.7. The zero-order valence-electron chi connectivity index (χ0n) is 13.4. The van der Waals surface area contributed by atoms with E-state index in [0.717, 1.165) is 17.9 Å². The number of carbonyl (C=O) groups is 2. The molecule has 0 spiro atoms. The lowest BCUT2D eigenvalue weighted by molar-refractivity contribution is -0.119. The molecule has 1 aromatic heterocycles. The quantitative estimate of drug-likeness (QED) is 0.775. The Hall–Kier alpha value is -1.82. The van der Waals surface area contributed by atoms with E-state index in [2.05, 4.69) is 36.7 Å². The lowest BCUT2D eigenvalue weighted by atomic mass is 9.85. The largest absolute Gasteiger partial charge is 0.464 e. The van der Waals surface area contributed by atoms with Gasteiger partial charge in [0.05, 0.1) is 12.6 Å². The van der Waals surface area contributed by atoms with Gasteiger partial charge in [-0.05, 0) is 17.5 Å². The summed E-state index contributed by atoms with van der Waals surface area (Å²) in [6.07, 6.45) is 0.827. The number of hydrogen-bond donors (Lipinski definition) is 3. The number of rotatable bonds is 5. The summed E-state index contributed by atoms with van der Waals surface area (Å²) in [5, 5.41) is 7.72. The third-order valence-corrected chi connectivity index (χ3v) is 3.13. The maximum atomic E-state index is 11.7. The minimum Gasteiger partial charge on any atom is -0.464 e. The van der Waals surface area contributed by atoms with E-state index < -0.39 is 6.03 Å². The molecule has 0 aromatic carbocycles. The molecule has 6 heteroatoms. The van der Waals surface area contributed by atoms with Crippen molar-refractivity contribution in [3.05, 3.63) is 23.7 Å². The van der Waals surface area contributed by atoms with Crippen LogP contribution in [0.2, 0.25) is 0 Å². The second-order valence-corrected chi connectivity index (χ2v) is 5.96. The van der Waals surface area contributed by atoms with E-state index in [-0.39, 0.29) is 23.9 Å². The Labute approximate surface area is 125 Å². The summed E-state index contributed by atoms with van der Waals surface area (Å²) in [7, 11) is 1.46. The van der Waals surface area contributed by atoms with Gasteiger partial charge < -0.3 is 9.73 Å². The highest BCUT2D eigenvalue weighted by molar-refractivity contribution is 5.95. The average molecular weight is 295 g/mol. The fraction of sp³-hybridized carbons (Fsp3) is 0.600. The predicted octanol–water partition coefficient (Wildman–Crippen LogP) is 1.97. The van der Waals surface area contributed by atoms with Gasteiger partial charge in [-0.3, -0.25) is 15.4 Å². The van der Waals surface area contributed by atoms with Crippen molar-refractivity contribution >= 4 is 11.9 Å². The van der Waals surface area contributed by atoms with Crippen molar-refractivity contribution in [1.29, 1.82) is 0 Å². The van der Waals surface area contributed by atoms with E-state index >= 15 is 0 Å². The third-order valence-electron chi connectivity index (χ3n) is 3.13. The molecule has 0 aliphatic rings. The van der Waals surface area contributed by atoms with Gasteiger partial charge >= 0.3 is 6.03 Å². The van der Waals surface area contributed by atoms with Crippen LogP contribution in [0.4, 0.5) is 4.79 Å². The van der Waals surface area contributed by atoms with Gasteiger partial charge in [0.1, 0.15) is 11.5 Å². The molecule has 1 atom stereocenters. The van der Waals surface area contributed by atoms with Gasteiger partial charge in [0, 0.05) is 13.5 Å². The number of carbonyl (C=O) groups excluding carboxylic acids is 2. The van der Waals surface area contributed by atoms with E-state index in [0.29, 0.717) is 0 Å². The molecule has 1 aromatic rings. The molecule has 1 unspecified atom stereocenters. The Balaban J connectivity index is 2.72. The maximum Gasteiger partial charge on any atom is 0.321 e. The van der Waals surface area contributed by atoms with E-state index in [1.54, 1.807) is 0 Å². The molecule has 3 N–H and O–H groups in total. The van der Waals surface area contributed by atoms with Gasteiger partial charge in [-0.1, -0.05) is 27.7 Å². The van der Waals surface area contributed by atoms with Crippen molar-refractivity contribution in [2.75, 3.05) is 13.6 Å². The van der Waals surface area contributed by atoms with Crippen LogP contribution in [0.15, 0.2) is 16.5 Å². The standard InChI is InChI=1S/C15H25N3O3/c1-6-10-7-8-11(21-10)13(15(2,3)4)17-9-12(19)18-14(20)16-5/h7-8,13,17H,6,9H2,1-5H3,(H2,16,18,19,20). The summed E-state index contributed by atoms with van der Waals surface area (Å²) in [5.41, 5.74) is -0.129. The molecule has 0 bridgehead atoms. The molecule has 21 heavy (non-hydrogen) atoms. The van der Waals surface area contributed by atoms with Crippen LogP contribution in [0, 0.1) is 5.41 Å². The van der Waals surface area contributed by atoms with Crippen LogP contribution in [-0.4, -0.2) is 25.5 Å². The summed E-state index contributed by atoms with van der Waals surface area (Å²) < 4.78 is 5.78. The second kappa shape index (κ2) is 7.26. The Kier molecular flexibility index (Phi) is 5.96. The molecule has 1 heterocycles. The molecule has 1 rings (SSSR count). The molecular weight excluding hydrogens is 270 g/mol. The van der Waals surface area contributed by atoms with Gasteiger partial charge in [0.25, 0.3) is 0 Å². The predicted molar refractivity (Wildman–Crippen MR) is 80.9 cm³/mol. The molecule has 0 saturated heterocycles. The minimum absolute atomic E-state index is 0.0392. The molecular formula is C15H25N3O3. The Morgan fingerprint density at radius 2 is 1.95 bits per heavy atom. The number of nitrogens with one attached hydrogen (secondary N) is 3. The monoisotopic (exact) mass is 295 g/mol. The van der Waals surface area contributed by atoms with E-state index in [9.17, 15) is 9.59 Å². The first-order valence-corrected chi connectivity index (χ1v) is 7.11.